The molecule has 1 amide bonds. The van der Waals surface area contributed by atoms with Crippen molar-refractivity contribution < 1.29 is 13.2 Å². The zero-order valence-electron chi connectivity index (χ0n) is 18.8. The number of aromatic nitrogens is 2. The van der Waals surface area contributed by atoms with Crippen LogP contribution in [0, 0.1) is 26.7 Å². The highest BCUT2D eigenvalue weighted by Gasteiger charge is 2.37. The Balaban J connectivity index is 1.41. The molecule has 8 nitrogen and oxygen atoms in total. The molecule has 0 bridgehead atoms. The number of piperidine rings is 1. The molecule has 2 aliphatic rings. The van der Waals surface area contributed by atoms with Crippen molar-refractivity contribution in [3.63, 3.8) is 0 Å². The molecule has 0 spiro atoms. The average Bonchev–Trinajstić information content (AvgIpc) is 3.14. The van der Waals surface area contributed by atoms with Gasteiger partial charge in [0.25, 0.3) is 0 Å². The van der Waals surface area contributed by atoms with Crippen LogP contribution in [-0.4, -0.2) is 73.0 Å². The summed E-state index contributed by atoms with van der Waals surface area (Å²) >= 11 is 6.17. The number of aromatic amines is 1. The second-order valence-corrected chi connectivity index (χ2v) is 11.0. The number of anilines is 1. The molecular formula is C22H30ClN5O3S. The molecular weight excluding hydrogens is 450 g/mol. The van der Waals surface area contributed by atoms with Crippen LogP contribution >= 0.6 is 11.6 Å². The third kappa shape index (κ3) is 4.38. The molecule has 0 aliphatic carbocycles. The fourth-order valence-electron chi connectivity index (χ4n) is 4.76. The molecule has 1 N–H and O–H groups in total. The number of carbonyl (C=O) groups excluding carboxylic acids is 1. The lowest BCUT2D eigenvalue weighted by molar-refractivity contribution is -0.137. The van der Waals surface area contributed by atoms with Crippen LogP contribution in [0.1, 0.15) is 29.8 Å². The van der Waals surface area contributed by atoms with Crippen LogP contribution in [0.2, 0.25) is 5.02 Å². The zero-order chi connectivity index (χ0) is 23.0. The van der Waals surface area contributed by atoms with Crippen molar-refractivity contribution in [3.05, 3.63) is 40.2 Å². The van der Waals surface area contributed by atoms with Crippen molar-refractivity contribution in [3.8, 4) is 0 Å². The maximum absolute atomic E-state index is 13.3. The first kappa shape index (κ1) is 23.1. The van der Waals surface area contributed by atoms with Crippen molar-refractivity contribution in [2.75, 3.05) is 44.2 Å². The smallest absolute Gasteiger partial charge is 0.246 e. The summed E-state index contributed by atoms with van der Waals surface area (Å²) in [5.74, 6) is -0.265. The quantitative estimate of drug-likeness (QED) is 0.728. The van der Waals surface area contributed by atoms with Crippen molar-refractivity contribution in [2.24, 2.45) is 5.92 Å². The van der Waals surface area contributed by atoms with E-state index in [2.05, 4.69) is 22.0 Å². The molecule has 0 saturated carbocycles. The number of sulfonamides is 1. The Morgan fingerprint density at radius 3 is 2.50 bits per heavy atom. The van der Waals surface area contributed by atoms with Gasteiger partial charge in [-0.25, -0.2) is 8.42 Å². The second kappa shape index (κ2) is 9.03. The number of H-pyrrole nitrogens is 1. The van der Waals surface area contributed by atoms with Crippen LogP contribution in [0.4, 0.5) is 5.69 Å². The molecule has 1 aromatic carbocycles. The molecule has 10 heteroatoms. The topological polar surface area (TPSA) is 89.6 Å². The maximum Gasteiger partial charge on any atom is 0.246 e. The highest BCUT2D eigenvalue weighted by atomic mass is 35.5. The number of halogens is 1. The fourth-order valence-corrected chi connectivity index (χ4v) is 6.78. The van der Waals surface area contributed by atoms with Crippen molar-refractivity contribution in [1.82, 2.24) is 19.4 Å². The second-order valence-electron chi connectivity index (χ2n) is 8.71. The maximum atomic E-state index is 13.3. The fraction of sp³-hybridized carbons (Fsp3) is 0.545. The van der Waals surface area contributed by atoms with Gasteiger partial charge in [-0.1, -0.05) is 17.7 Å². The van der Waals surface area contributed by atoms with Crippen molar-refractivity contribution in [1.29, 1.82) is 0 Å². The third-order valence-corrected chi connectivity index (χ3v) is 8.86. The van der Waals surface area contributed by atoms with Gasteiger partial charge < -0.3 is 9.80 Å². The predicted octanol–water partition coefficient (Wildman–Crippen LogP) is 2.74. The van der Waals surface area contributed by atoms with Crippen LogP contribution in [0.15, 0.2) is 23.1 Å². The SMILES string of the molecule is Cc1ccc(Cl)cc1N1CCN(C(=O)[C@H]2CCCN(S(=O)(=O)c3c(C)n[nH]c3C)C2)CC1. The van der Waals surface area contributed by atoms with Gasteiger partial charge in [0.05, 0.1) is 17.3 Å². The normalized spacial score (nSPS) is 20.6. The van der Waals surface area contributed by atoms with Gasteiger partial charge in [-0.2, -0.15) is 9.40 Å². The lowest BCUT2D eigenvalue weighted by atomic mass is 9.97. The van der Waals surface area contributed by atoms with E-state index in [9.17, 15) is 13.2 Å². The van der Waals surface area contributed by atoms with Crippen LogP contribution < -0.4 is 4.90 Å². The highest BCUT2D eigenvalue weighted by molar-refractivity contribution is 7.89. The standard InChI is InChI=1S/C22H30ClN5O3S/c1-15-6-7-19(23)13-20(15)26-9-11-27(12-10-26)22(29)18-5-4-8-28(14-18)32(30,31)21-16(2)24-25-17(21)3/h6-7,13,18H,4-5,8-12,14H2,1-3H3,(H,24,25)/t18-/m0/s1. The lowest BCUT2D eigenvalue weighted by Crippen LogP contribution is -2.53. The number of hydrogen-bond donors (Lipinski definition) is 1. The van der Waals surface area contributed by atoms with Gasteiger partial charge in [0.15, 0.2) is 0 Å². The molecule has 32 heavy (non-hydrogen) atoms. The highest BCUT2D eigenvalue weighted by Crippen LogP contribution is 2.29. The number of nitrogens with zero attached hydrogens (tertiary/aromatic N) is 4. The van der Waals surface area contributed by atoms with E-state index in [4.69, 9.17) is 11.6 Å². The van der Waals surface area contributed by atoms with Crippen LogP contribution in [0.25, 0.3) is 0 Å². The van der Waals surface area contributed by atoms with Gasteiger partial charge in [0.1, 0.15) is 4.90 Å². The van der Waals surface area contributed by atoms with Crippen LogP contribution in [-0.2, 0) is 14.8 Å². The average molecular weight is 480 g/mol. The summed E-state index contributed by atoms with van der Waals surface area (Å²) in [5, 5.41) is 7.48. The number of rotatable bonds is 4. The Morgan fingerprint density at radius 1 is 1.12 bits per heavy atom. The molecule has 1 atom stereocenters. The molecule has 4 rings (SSSR count). The van der Waals surface area contributed by atoms with Gasteiger partial charge in [0.2, 0.25) is 15.9 Å². The Morgan fingerprint density at radius 2 is 1.84 bits per heavy atom. The van der Waals surface area contributed by atoms with Gasteiger partial charge in [-0.15, -0.1) is 0 Å². The van der Waals surface area contributed by atoms with Gasteiger partial charge in [-0.05, 0) is 51.3 Å². The molecule has 2 aliphatic heterocycles. The number of carbonyl (C=O) groups is 1. The Hall–Kier alpha value is -2.10. The van der Waals surface area contributed by atoms with Gasteiger partial charge >= 0.3 is 0 Å². The van der Waals surface area contributed by atoms with E-state index >= 15 is 0 Å². The summed E-state index contributed by atoms with van der Waals surface area (Å²) in [6, 6.07) is 5.86. The summed E-state index contributed by atoms with van der Waals surface area (Å²) < 4.78 is 27.9. The van der Waals surface area contributed by atoms with Gasteiger partial charge in [-0.3, -0.25) is 9.89 Å². The minimum Gasteiger partial charge on any atom is -0.368 e. The number of benzene rings is 1. The monoisotopic (exact) mass is 479 g/mol. The van der Waals surface area contributed by atoms with E-state index in [0.717, 1.165) is 24.3 Å². The van der Waals surface area contributed by atoms with E-state index in [1.165, 1.54) is 4.31 Å². The van der Waals surface area contributed by atoms with E-state index in [0.29, 0.717) is 48.9 Å². The largest absolute Gasteiger partial charge is 0.368 e. The Kier molecular flexibility index (Phi) is 6.51. The minimum atomic E-state index is -3.68. The number of aryl methyl sites for hydroxylation is 3. The molecule has 174 valence electrons. The number of piperazine rings is 1. The van der Waals surface area contributed by atoms with E-state index < -0.39 is 10.0 Å². The molecule has 0 unspecified atom stereocenters. The zero-order valence-corrected chi connectivity index (χ0v) is 20.3. The summed E-state index contributed by atoms with van der Waals surface area (Å²) in [6.45, 7) is 8.80. The first-order valence-electron chi connectivity index (χ1n) is 11.0. The number of nitrogens with one attached hydrogen (secondary N) is 1. The summed E-state index contributed by atoms with van der Waals surface area (Å²) in [5.41, 5.74) is 3.25. The molecule has 2 fully saturated rings. The first-order chi connectivity index (χ1) is 15.2. The minimum absolute atomic E-state index is 0.0491. The predicted molar refractivity (Wildman–Crippen MR) is 125 cm³/mol. The number of hydrogen-bond acceptors (Lipinski definition) is 5. The van der Waals surface area contributed by atoms with Crippen LogP contribution in [0.3, 0.4) is 0 Å². The molecule has 2 saturated heterocycles. The molecule has 3 heterocycles. The van der Waals surface area contributed by atoms with Gasteiger partial charge in [0, 0.05) is 50.0 Å². The summed E-state index contributed by atoms with van der Waals surface area (Å²) in [6.07, 6.45) is 1.38. The Bertz CT molecular complexity index is 1090. The van der Waals surface area contributed by atoms with Crippen molar-refractivity contribution >= 4 is 33.2 Å². The lowest BCUT2D eigenvalue weighted by Gasteiger charge is -2.40. The van der Waals surface area contributed by atoms with E-state index in [1.54, 1.807) is 13.8 Å². The number of amides is 1. The molecule has 2 aromatic rings. The Labute approximate surface area is 194 Å². The van der Waals surface area contributed by atoms with Crippen LogP contribution in [0.5, 0.6) is 0 Å². The third-order valence-electron chi connectivity index (χ3n) is 6.49. The first-order valence-corrected chi connectivity index (χ1v) is 12.8. The molecule has 0 radical (unpaired) electrons. The van der Waals surface area contributed by atoms with E-state index in [-0.39, 0.29) is 23.3 Å². The van der Waals surface area contributed by atoms with E-state index in [1.807, 2.05) is 23.1 Å². The van der Waals surface area contributed by atoms with Crippen molar-refractivity contribution in [2.45, 2.75) is 38.5 Å². The summed E-state index contributed by atoms with van der Waals surface area (Å²) in [7, 11) is -3.68. The molecule has 1 aromatic heterocycles. The summed E-state index contributed by atoms with van der Waals surface area (Å²) in [4.78, 5) is 17.6.